The third-order valence-electron chi connectivity index (χ3n) is 3.62. The number of carbonyl (C=O) groups excluding carboxylic acids is 1. The van der Waals surface area contributed by atoms with E-state index in [1.165, 1.54) is 0 Å². The van der Waals surface area contributed by atoms with Gasteiger partial charge in [-0.3, -0.25) is 9.48 Å². The molecule has 6 heteroatoms. The zero-order valence-corrected chi connectivity index (χ0v) is 12.6. The highest BCUT2D eigenvalue weighted by molar-refractivity contribution is 6.20. The van der Waals surface area contributed by atoms with Crippen LogP contribution in [-0.4, -0.2) is 34.7 Å². The summed E-state index contributed by atoms with van der Waals surface area (Å²) >= 11 is 5.85. The Labute approximate surface area is 118 Å². The van der Waals surface area contributed by atoms with Crippen molar-refractivity contribution in [3.8, 4) is 0 Å². The van der Waals surface area contributed by atoms with E-state index in [9.17, 15) is 4.79 Å². The summed E-state index contributed by atoms with van der Waals surface area (Å²) in [7, 11) is 1.92. The second kappa shape index (κ2) is 5.13. The van der Waals surface area contributed by atoms with Crippen LogP contribution in [0.3, 0.4) is 0 Å². The molecule has 0 atom stereocenters. The van der Waals surface area contributed by atoms with Crippen molar-refractivity contribution >= 4 is 23.2 Å². The van der Waals surface area contributed by atoms with Crippen molar-refractivity contribution in [1.82, 2.24) is 15.1 Å². The number of anilines is 1. The third kappa shape index (κ3) is 2.62. The summed E-state index contributed by atoms with van der Waals surface area (Å²) in [6.07, 6.45) is 0. The van der Waals surface area contributed by atoms with Gasteiger partial charge in [0.25, 0.3) is 0 Å². The Morgan fingerprint density at radius 2 is 2.21 bits per heavy atom. The lowest BCUT2D eigenvalue weighted by Gasteiger charge is -2.29. The maximum Gasteiger partial charge on any atom is 0.231 e. The van der Waals surface area contributed by atoms with Crippen molar-refractivity contribution < 1.29 is 4.79 Å². The quantitative estimate of drug-likeness (QED) is 0.826. The van der Waals surface area contributed by atoms with Crippen LogP contribution in [0.4, 0.5) is 5.69 Å². The smallest absolute Gasteiger partial charge is 0.231 e. The summed E-state index contributed by atoms with van der Waals surface area (Å²) in [5.41, 5.74) is 2.20. The van der Waals surface area contributed by atoms with Gasteiger partial charge in [0.05, 0.1) is 22.5 Å². The Balaban J connectivity index is 2.27. The molecule has 1 amide bonds. The van der Waals surface area contributed by atoms with Crippen LogP contribution in [0, 0.1) is 12.3 Å². The first kappa shape index (κ1) is 14.3. The number of carbonyl (C=O) groups is 1. The van der Waals surface area contributed by atoms with Gasteiger partial charge in [0.1, 0.15) is 0 Å². The molecule has 5 nitrogen and oxygen atoms in total. The molecule has 0 aromatic carbocycles. The molecular weight excluding hydrogens is 264 g/mol. The number of nitrogens with one attached hydrogen (secondary N) is 2. The molecule has 106 valence electrons. The molecule has 0 bridgehead atoms. The molecule has 1 aliphatic rings. The van der Waals surface area contributed by atoms with E-state index in [1.807, 2.05) is 32.5 Å². The van der Waals surface area contributed by atoms with Crippen LogP contribution >= 0.6 is 11.6 Å². The number of aryl methyl sites for hydroxylation is 2. The molecule has 0 radical (unpaired) electrons. The van der Waals surface area contributed by atoms with Crippen LogP contribution in [0.15, 0.2) is 0 Å². The van der Waals surface area contributed by atoms with Crippen LogP contribution in [0.25, 0.3) is 0 Å². The zero-order valence-electron chi connectivity index (χ0n) is 11.9. The van der Waals surface area contributed by atoms with E-state index >= 15 is 0 Å². The summed E-state index contributed by atoms with van der Waals surface area (Å²) in [5, 5.41) is 10.7. The standard InChI is InChI=1S/C13H21ClN4O/c1-8-10(16-12(19)13(2,3)7-14)11(18(4)17-8)9-5-15-6-9/h9,15H,5-7H2,1-4H3,(H,16,19). The lowest BCUT2D eigenvalue weighted by Crippen LogP contribution is -2.41. The average Bonchev–Trinajstić information content (AvgIpc) is 2.54. The molecule has 1 aromatic heterocycles. The summed E-state index contributed by atoms with van der Waals surface area (Å²) in [5.74, 6) is 0.645. The van der Waals surface area contributed by atoms with E-state index in [0.29, 0.717) is 11.8 Å². The molecule has 2 N–H and O–H groups in total. The highest BCUT2D eigenvalue weighted by atomic mass is 35.5. The van der Waals surface area contributed by atoms with Crippen molar-refractivity contribution in [3.05, 3.63) is 11.4 Å². The van der Waals surface area contributed by atoms with Gasteiger partial charge in [-0.2, -0.15) is 5.10 Å². The largest absolute Gasteiger partial charge is 0.322 e. The van der Waals surface area contributed by atoms with E-state index < -0.39 is 5.41 Å². The van der Waals surface area contributed by atoms with Crippen molar-refractivity contribution in [1.29, 1.82) is 0 Å². The van der Waals surface area contributed by atoms with Gasteiger partial charge in [-0.15, -0.1) is 11.6 Å². The predicted octanol–water partition coefficient (Wildman–Crippen LogP) is 1.62. The van der Waals surface area contributed by atoms with Crippen molar-refractivity contribution in [2.75, 3.05) is 24.3 Å². The zero-order chi connectivity index (χ0) is 14.2. The highest BCUT2D eigenvalue weighted by Crippen LogP contribution is 2.31. The SMILES string of the molecule is Cc1nn(C)c(C2CNC2)c1NC(=O)C(C)(C)CCl. The van der Waals surface area contributed by atoms with Gasteiger partial charge < -0.3 is 10.6 Å². The Morgan fingerprint density at radius 3 is 2.68 bits per heavy atom. The molecule has 0 unspecified atom stereocenters. The molecule has 19 heavy (non-hydrogen) atoms. The maximum atomic E-state index is 12.3. The fourth-order valence-corrected chi connectivity index (χ4v) is 2.25. The van der Waals surface area contributed by atoms with Gasteiger partial charge in [-0.1, -0.05) is 0 Å². The predicted molar refractivity (Wildman–Crippen MR) is 76.7 cm³/mol. The Hall–Kier alpha value is -1.07. The van der Waals surface area contributed by atoms with Crippen molar-refractivity contribution in [3.63, 3.8) is 0 Å². The van der Waals surface area contributed by atoms with Gasteiger partial charge in [-0.25, -0.2) is 0 Å². The first-order valence-electron chi connectivity index (χ1n) is 6.48. The Bertz CT molecular complexity index is 491. The first-order chi connectivity index (χ1) is 8.86. The van der Waals surface area contributed by atoms with E-state index in [-0.39, 0.29) is 5.91 Å². The van der Waals surface area contributed by atoms with Crippen LogP contribution < -0.4 is 10.6 Å². The van der Waals surface area contributed by atoms with Gasteiger partial charge in [0.2, 0.25) is 5.91 Å². The Morgan fingerprint density at radius 1 is 1.58 bits per heavy atom. The van der Waals surface area contributed by atoms with Gasteiger partial charge in [0.15, 0.2) is 0 Å². The summed E-state index contributed by atoms with van der Waals surface area (Å²) in [6.45, 7) is 7.46. The van der Waals surface area contributed by atoms with Crippen LogP contribution in [0.5, 0.6) is 0 Å². The second-order valence-corrected chi connectivity index (χ2v) is 6.06. The minimum Gasteiger partial charge on any atom is -0.322 e. The molecule has 0 aliphatic carbocycles. The molecule has 1 fully saturated rings. The third-order valence-corrected chi connectivity index (χ3v) is 4.29. The second-order valence-electron chi connectivity index (χ2n) is 5.80. The molecule has 1 saturated heterocycles. The molecule has 0 spiro atoms. The van der Waals surface area contributed by atoms with Crippen LogP contribution in [0.2, 0.25) is 0 Å². The molecule has 2 rings (SSSR count). The minimum atomic E-state index is -0.584. The number of hydrogen-bond donors (Lipinski definition) is 2. The van der Waals surface area contributed by atoms with Gasteiger partial charge in [-0.05, 0) is 20.8 Å². The average molecular weight is 285 g/mol. The fraction of sp³-hybridized carbons (Fsp3) is 0.692. The molecular formula is C13H21ClN4O. The fourth-order valence-electron chi connectivity index (χ4n) is 2.12. The lowest BCUT2D eigenvalue weighted by molar-refractivity contribution is -0.122. The summed E-state index contributed by atoms with van der Waals surface area (Å²) in [6, 6.07) is 0. The van der Waals surface area contributed by atoms with Crippen molar-refractivity contribution in [2.24, 2.45) is 12.5 Å². The van der Waals surface area contributed by atoms with Crippen LogP contribution in [0.1, 0.15) is 31.2 Å². The number of hydrogen-bond acceptors (Lipinski definition) is 3. The maximum absolute atomic E-state index is 12.3. The number of rotatable bonds is 4. The topological polar surface area (TPSA) is 59.0 Å². The number of amides is 1. The number of alkyl halides is 1. The summed E-state index contributed by atoms with van der Waals surface area (Å²) in [4.78, 5) is 12.3. The monoisotopic (exact) mass is 284 g/mol. The lowest BCUT2D eigenvalue weighted by atomic mass is 9.93. The first-order valence-corrected chi connectivity index (χ1v) is 7.02. The number of nitrogens with zero attached hydrogens (tertiary/aromatic N) is 2. The summed E-state index contributed by atoms with van der Waals surface area (Å²) < 4.78 is 1.87. The van der Waals surface area contributed by atoms with Crippen LogP contribution in [-0.2, 0) is 11.8 Å². The normalized spacial score (nSPS) is 16.3. The Kier molecular flexibility index (Phi) is 3.87. The van der Waals surface area contributed by atoms with Crippen molar-refractivity contribution in [2.45, 2.75) is 26.7 Å². The number of aromatic nitrogens is 2. The van der Waals surface area contributed by atoms with E-state index in [4.69, 9.17) is 11.6 Å². The molecule has 2 heterocycles. The van der Waals surface area contributed by atoms with Gasteiger partial charge >= 0.3 is 0 Å². The highest BCUT2D eigenvalue weighted by Gasteiger charge is 2.31. The molecule has 1 aromatic rings. The van der Waals surface area contributed by atoms with Gasteiger partial charge in [0, 0.05) is 31.9 Å². The molecule has 0 saturated carbocycles. The van der Waals surface area contributed by atoms with E-state index in [2.05, 4.69) is 15.7 Å². The number of halogens is 1. The van der Waals surface area contributed by atoms with E-state index in [1.54, 1.807) is 0 Å². The minimum absolute atomic E-state index is 0.0628. The molecule has 1 aliphatic heterocycles. The van der Waals surface area contributed by atoms with E-state index in [0.717, 1.165) is 30.2 Å².